The van der Waals surface area contributed by atoms with E-state index in [4.69, 9.17) is 0 Å². The fourth-order valence-corrected chi connectivity index (χ4v) is 4.57. The van der Waals surface area contributed by atoms with Gasteiger partial charge in [0, 0.05) is 35.0 Å². The Morgan fingerprint density at radius 2 is 1.86 bits per heavy atom. The Balaban J connectivity index is 2.68. The summed E-state index contributed by atoms with van der Waals surface area (Å²) in [5.41, 5.74) is 0. The largest absolute Gasteiger partial charge is 0.343 e. The van der Waals surface area contributed by atoms with Crippen LogP contribution in [0.25, 0.3) is 0 Å². The van der Waals surface area contributed by atoms with Gasteiger partial charge >= 0.3 is 0 Å². The first-order valence-corrected chi connectivity index (χ1v) is 9.61. The molecule has 0 aromatic heterocycles. The van der Waals surface area contributed by atoms with Crippen molar-refractivity contribution in [2.24, 2.45) is 0 Å². The van der Waals surface area contributed by atoms with Crippen molar-refractivity contribution in [3.05, 3.63) is 27.1 Å². The average molecular weight is 442 g/mol. The molecule has 0 unspecified atom stereocenters. The van der Waals surface area contributed by atoms with Crippen molar-refractivity contribution in [1.29, 1.82) is 0 Å². The lowest BCUT2D eigenvalue weighted by molar-refractivity contribution is -0.130. The number of hydrogen-bond donors (Lipinski definition) is 1. The molecule has 1 aromatic carbocycles. The van der Waals surface area contributed by atoms with Gasteiger partial charge in [0.25, 0.3) is 0 Å². The van der Waals surface area contributed by atoms with Gasteiger partial charge in [0.05, 0.1) is 4.90 Å². The minimum atomic E-state index is -3.63. The summed E-state index contributed by atoms with van der Waals surface area (Å²) in [6.07, 6.45) is 0.148. The van der Waals surface area contributed by atoms with Gasteiger partial charge in [-0.1, -0.05) is 15.9 Å². The zero-order valence-corrected chi connectivity index (χ0v) is 15.9. The third-order valence-corrected chi connectivity index (χ3v) is 5.86. The van der Waals surface area contributed by atoms with Crippen LogP contribution >= 0.6 is 31.9 Å². The fourth-order valence-electron chi connectivity index (χ4n) is 1.80. The van der Waals surface area contributed by atoms with Gasteiger partial charge in [-0.15, -0.1) is 0 Å². The molecule has 0 aliphatic carbocycles. The van der Waals surface area contributed by atoms with Crippen LogP contribution in [0.5, 0.6) is 0 Å². The Morgan fingerprint density at radius 3 is 2.38 bits per heavy atom. The van der Waals surface area contributed by atoms with Crippen LogP contribution in [0.1, 0.15) is 20.3 Å². The standard InChI is InChI=1S/C13H18Br2N2O3S/c1-3-17(4-2)13(18)7-8-16-21(19,20)12-6-5-10(14)9-11(12)15/h5-6,9,16H,3-4,7-8H2,1-2H3. The minimum absolute atomic E-state index is 0.0578. The maximum atomic E-state index is 12.2. The van der Waals surface area contributed by atoms with E-state index in [1.807, 2.05) is 13.8 Å². The molecule has 0 spiro atoms. The van der Waals surface area contributed by atoms with Crippen LogP contribution < -0.4 is 4.72 Å². The van der Waals surface area contributed by atoms with Crippen LogP contribution in [-0.2, 0) is 14.8 Å². The molecule has 0 aliphatic rings. The highest BCUT2D eigenvalue weighted by atomic mass is 79.9. The highest BCUT2D eigenvalue weighted by molar-refractivity contribution is 9.11. The van der Waals surface area contributed by atoms with Crippen molar-refractivity contribution >= 4 is 47.8 Å². The van der Waals surface area contributed by atoms with Gasteiger partial charge < -0.3 is 4.90 Å². The van der Waals surface area contributed by atoms with Gasteiger partial charge in [-0.25, -0.2) is 13.1 Å². The van der Waals surface area contributed by atoms with Crippen LogP contribution in [0.3, 0.4) is 0 Å². The number of nitrogens with zero attached hydrogens (tertiary/aromatic N) is 1. The molecule has 118 valence electrons. The minimum Gasteiger partial charge on any atom is -0.343 e. The molecule has 1 amide bonds. The SMILES string of the molecule is CCN(CC)C(=O)CCNS(=O)(=O)c1ccc(Br)cc1Br. The molecule has 0 bridgehead atoms. The summed E-state index contributed by atoms with van der Waals surface area (Å²) in [7, 11) is -3.63. The maximum absolute atomic E-state index is 12.2. The van der Waals surface area contributed by atoms with Gasteiger partial charge in [-0.2, -0.15) is 0 Å². The van der Waals surface area contributed by atoms with Crippen molar-refractivity contribution in [3.8, 4) is 0 Å². The molecule has 0 radical (unpaired) electrons. The average Bonchev–Trinajstić information content (AvgIpc) is 2.39. The predicted molar refractivity (Wildman–Crippen MR) is 89.6 cm³/mol. The molecule has 1 rings (SSSR count). The summed E-state index contributed by atoms with van der Waals surface area (Å²) < 4.78 is 28.0. The van der Waals surface area contributed by atoms with E-state index in [1.54, 1.807) is 17.0 Å². The van der Waals surface area contributed by atoms with Gasteiger partial charge in [-0.05, 0) is 48.0 Å². The second-order valence-corrected chi connectivity index (χ2v) is 7.79. The smallest absolute Gasteiger partial charge is 0.241 e. The zero-order valence-electron chi connectivity index (χ0n) is 11.9. The predicted octanol–water partition coefficient (Wildman–Crippen LogP) is 2.75. The summed E-state index contributed by atoms with van der Waals surface area (Å²) >= 11 is 6.50. The van der Waals surface area contributed by atoms with Crippen LogP contribution in [-0.4, -0.2) is 38.9 Å². The molecule has 5 nitrogen and oxygen atoms in total. The number of amides is 1. The number of carbonyl (C=O) groups is 1. The molecule has 8 heteroatoms. The van der Waals surface area contributed by atoms with Crippen molar-refractivity contribution in [2.45, 2.75) is 25.2 Å². The first-order chi connectivity index (χ1) is 9.81. The van der Waals surface area contributed by atoms with E-state index in [0.29, 0.717) is 17.6 Å². The van der Waals surface area contributed by atoms with Gasteiger partial charge in [0.15, 0.2) is 0 Å². The molecule has 0 fully saturated rings. The number of sulfonamides is 1. The molecule has 0 atom stereocenters. The molecule has 0 saturated heterocycles. The third kappa shape index (κ3) is 5.36. The number of rotatable bonds is 7. The van der Waals surface area contributed by atoms with Crippen molar-refractivity contribution in [1.82, 2.24) is 9.62 Å². The van der Waals surface area contributed by atoms with E-state index in [9.17, 15) is 13.2 Å². The molecular formula is C13H18Br2N2O3S. The topological polar surface area (TPSA) is 66.5 Å². The number of benzene rings is 1. The summed E-state index contributed by atoms with van der Waals surface area (Å²) in [6.45, 7) is 5.12. The Kier molecular flexibility index (Phi) is 7.32. The van der Waals surface area contributed by atoms with Gasteiger partial charge in [0.2, 0.25) is 15.9 Å². The zero-order chi connectivity index (χ0) is 16.0. The Morgan fingerprint density at radius 1 is 1.24 bits per heavy atom. The molecule has 21 heavy (non-hydrogen) atoms. The summed E-state index contributed by atoms with van der Waals surface area (Å²) in [5, 5.41) is 0. The highest BCUT2D eigenvalue weighted by Crippen LogP contribution is 2.25. The normalized spacial score (nSPS) is 11.4. The summed E-state index contributed by atoms with van der Waals surface area (Å²) in [6, 6.07) is 4.82. The molecule has 1 aromatic rings. The van der Waals surface area contributed by atoms with E-state index >= 15 is 0 Å². The lowest BCUT2D eigenvalue weighted by Crippen LogP contribution is -2.34. The molecule has 0 saturated carbocycles. The molecule has 1 N–H and O–H groups in total. The fraction of sp³-hybridized carbons (Fsp3) is 0.462. The van der Waals surface area contributed by atoms with E-state index in [1.165, 1.54) is 6.07 Å². The second-order valence-electron chi connectivity index (χ2n) is 4.29. The van der Waals surface area contributed by atoms with Crippen LogP contribution in [0, 0.1) is 0 Å². The van der Waals surface area contributed by atoms with Crippen LogP contribution in [0.2, 0.25) is 0 Å². The highest BCUT2D eigenvalue weighted by Gasteiger charge is 2.18. The van der Waals surface area contributed by atoms with E-state index in [-0.39, 0.29) is 23.8 Å². The monoisotopic (exact) mass is 440 g/mol. The van der Waals surface area contributed by atoms with Crippen molar-refractivity contribution < 1.29 is 13.2 Å². The first-order valence-electron chi connectivity index (χ1n) is 6.54. The lowest BCUT2D eigenvalue weighted by atomic mass is 10.3. The number of hydrogen-bond acceptors (Lipinski definition) is 3. The Labute approximate surface area is 142 Å². The van der Waals surface area contributed by atoms with Crippen LogP contribution in [0.4, 0.5) is 0 Å². The maximum Gasteiger partial charge on any atom is 0.241 e. The third-order valence-electron chi connectivity index (χ3n) is 2.93. The first kappa shape index (κ1) is 18.6. The van der Waals surface area contributed by atoms with E-state index < -0.39 is 10.0 Å². The molecular weight excluding hydrogens is 424 g/mol. The Hall–Kier alpha value is -0.440. The summed E-state index contributed by atoms with van der Waals surface area (Å²) in [4.78, 5) is 13.6. The summed E-state index contributed by atoms with van der Waals surface area (Å²) in [5.74, 6) is -0.0578. The molecule has 0 aliphatic heterocycles. The molecule has 0 heterocycles. The second kappa shape index (κ2) is 8.26. The number of carbonyl (C=O) groups excluding carboxylic acids is 1. The Bertz CT molecular complexity index is 601. The van der Waals surface area contributed by atoms with Gasteiger partial charge in [0.1, 0.15) is 0 Å². The van der Waals surface area contributed by atoms with Gasteiger partial charge in [-0.3, -0.25) is 4.79 Å². The number of halogens is 2. The lowest BCUT2D eigenvalue weighted by Gasteiger charge is -2.18. The quantitative estimate of drug-likeness (QED) is 0.707. The van der Waals surface area contributed by atoms with E-state index in [0.717, 1.165) is 4.47 Å². The van der Waals surface area contributed by atoms with E-state index in [2.05, 4.69) is 36.6 Å². The van der Waals surface area contributed by atoms with Crippen molar-refractivity contribution in [3.63, 3.8) is 0 Å². The van der Waals surface area contributed by atoms with Crippen LogP contribution in [0.15, 0.2) is 32.0 Å². The van der Waals surface area contributed by atoms with Crippen molar-refractivity contribution in [2.75, 3.05) is 19.6 Å². The number of nitrogens with one attached hydrogen (secondary N) is 1.